The van der Waals surface area contributed by atoms with Gasteiger partial charge in [0, 0.05) is 42.8 Å². The maximum absolute atomic E-state index is 5.31. The number of hydrogen-bond donors (Lipinski definition) is 2. The molecule has 9 heteroatoms. The largest absolute Gasteiger partial charge is 0.495 e. The number of ether oxygens (including phenoxy) is 1. The lowest BCUT2D eigenvalue weighted by Crippen LogP contribution is -2.30. The zero-order chi connectivity index (χ0) is 21.5. The van der Waals surface area contributed by atoms with Gasteiger partial charge in [-0.25, -0.2) is 15.0 Å². The Hall–Kier alpha value is -4.01. The van der Waals surface area contributed by atoms with Gasteiger partial charge < -0.3 is 14.6 Å². The van der Waals surface area contributed by atoms with E-state index in [1.165, 1.54) is 19.3 Å². The third kappa shape index (κ3) is 3.13. The fourth-order valence-corrected chi connectivity index (χ4v) is 4.30. The molecule has 1 aliphatic rings. The minimum atomic E-state index is 0.695. The first-order valence-electron chi connectivity index (χ1n) is 10.7. The van der Waals surface area contributed by atoms with Crippen LogP contribution in [-0.4, -0.2) is 55.3 Å². The molecule has 0 amide bonds. The van der Waals surface area contributed by atoms with E-state index in [2.05, 4.69) is 41.1 Å². The van der Waals surface area contributed by atoms with Crippen LogP contribution in [0.2, 0.25) is 0 Å². The van der Waals surface area contributed by atoms with Crippen molar-refractivity contribution in [3.05, 3.63) is 43.0 Å². The molecule has 160 valence electrons. The average molecular weight is 426 g/mol. The molecule has 2 N–H and O–H groups in total. The first kappa shape index (κ1) is 18.7. The molecule has 1 aliphatic heterocycles. The van der Waals surface area contributed by atoms with Gasteiger partial charge in [0.2, 0.25) is 0 Å². The Balaban J connectivity index is 1.45. The van der Waals surface area contributed by atoms with Gasteiger partial charge in [-0.1, -0.05) is 0 Å². The van der Waals surface area contributed by atoms with Gasteiger partial charge in [0.15, 0.2) is 17.3 Å². The summed E-state index contributed by atoms with van der Waals surface area (Å²) in [5.74, 6) is 2.33. The fourth-order valence-electron chi connectivity index (χ4n) is 4.30. The van der Waals surface area contributed by atoms with E-state index < -0.39 is 0 Å². The van der Waals surface area contributed by atoms with Crippen molar-refractivity contribution in [1.29, 1.82) is 0 Å². The second-order valence-electron chi connectivity index (χ2n) is 7.97. The van der Waals surface area contributed by atoms with Gasteiger partial charge in [0.25, 0.3) is 0 Å². The Labute approximate surface area is 183 Å². The van der Waals surface area contributed by atoms with Crippen LogP contribution in [0.4, 0.5) is 5.82 Å². The summed E-state index contributed by atoms with van der Waals surface area (Å²) < 4.78 is 5.31. The normalized spacial score (nSPS) is 14.3. The molecule has 0 atom stereocenters. The summed E-state index contributed by atoms with van der Waals surface area (Å²) in [6, 6.07) is 5.95. The van der Waals surface area contributed by atoms with Crippen LogP contribution in [0.15, 0.2) is 43.0 Å². The Morgan fingerprint density at radius 3 is 2.75 bits per heavy atom. The Bertz CT molecular complexity index is 1420. The summed E-state index contributed by atoms with van der Waals surface area (Å²) >= 11 is 0. The lowest BCUT2D eigenvalue weighted by molar-refractivity contribution is 0.413. The molecule has 0 spiro atoms. The lowest BCUT2D eigenvalue weighted by Gasteiger charge is -2.27. The maximum Gasteiger partial charge on any atom is 0.159 e. The second kappa shape index (κ2) is 7.60. The summed E-state index contributed by atoms with van der Waals surface area (Å²) in [6.07, 6.45) is 10.8. The minimum absolute atomic E-state index is 0.695. The third-order valence-corrected chi connectivity index (χ3v) is 5.96. The third-order valence-electron chi connectivity index (χ3n) is 5.96. The van der Waals surface area contributed by atoms with Gasteiger partial charge in [0.05, 0.1) is 24.2 Å². The SMILES string of the molecule is COc1cncc(-c2cnc3[nH]nc(-c4nc5c(N6CCCCC6)nccc5[nH]4)c3c2)c1. The first-order chi connectivity index (χ1) is 15.8. The fraction of sp³-hybridized carbons (Fsp3) is 0.261. The number of nitrogens with one attached hydrogen (secondary N) is 2. The average Bonchev–Trinajstić information content (AvgIpc) is 3.48. The van der Waals surface area contributed by atoms with Gasteiger partial charge in [-0.05, 0) is 37.5 Å². The maximum atomic E-state index is 5.31. The van der Waals surface area contributed by atoms with Crippen molar-refractivity contribution in [3.63, 3.8) is 0 Å². The predicted octanol–water partition coefficient (Wildman–Crippen LogP) is 3.96. The molecule has 32 heavy (non-hydrogen) atoms. The zero-order valence-electron chi connectivity index (χ0n) is 17.7. The van der Waals surface area contributed by atoms with Crippen molar-refractivity contribution in [3.8, 4) is 28.4 Å². The monoisotopic (exact) mass is 426 g/mol. The molecule has 5 aromatic rings. The number of H-pyrrole nitrogens is 2. The number of hydrogen-bond acceptors (Lipinski definition) is 7. The number of anilines is 1. The number of aromatic nitrogens is 7. The highest BCUT2D eigenvalue weighted by atomic mass is 16.5. The van der Waals surface area contributed by atoms with Crippen molar-refractivity contribution in [2.75, 3.05) is 25.1 Å². The van der Waals surface area contributed by atoms with Crippen molar-refractivity contribution >= 4 is 27.9 Å². The Kier molecular flexibility index (Phi) is 4.45. The molecule has 0 radical (unpaired) electrons. The van der Waals surface area contributed by atoms with Crippen molar-refractivity contribution in [1.82, 2.24) is 35.1 Å². The number of imidazole rings is 1. The molecular weight excluding hydrogens is 404 g/mol. The van der Waals surface area contributed by atoms with Crippen LogP contribution in [0.3, 0.4) is 0 Å². The van der Waals surface area contributed by atoms with Crippen LogP contribution in [-0.2, 0) is 0 Å². The molecular formula is C23H22N8O. The first-order valence-corrected chi connectivity index (χ1v) is 10.7. The van der Waals surface area contributed by atoms with E-state index >= 15 is 0 Å². The van der Waals surface area contributed by atoms with Crippen LogP contribution >= 0.6 is 0 Å². The van der Waals surface area contributed by atoms with E-state index in [1.54, 1.807) is 25.7 Å². The molecule has 0 aromatic carbocycles. The Morgan fingerprint density at radius 2 is 1.88 bits per heavy atom. The van der Waals surface area contributed by atoms with Crippen LogP contribution in [0, 0.1) is 0 Å². The quantitative estimate of drug-likeness (QED) is 0.448. The zero-order valence-corrected chi connectivity index (χ0v) is 17.7. The van der Waals surface area contributed by atoms with Crippen LogP contribution in [0.1, 0.15) is 19.3 Å². The molecule has 1 saturated heterocycles. The van der Waals surface area contributed by atoms with E-state index in [-0.39, 0.29) is 0 Å². The van der Waals surface area contributed by atoms with Gasteiger partial charge in [-0.2, -0.15) is 5.10 Å². The highest BCUT2D eigenvalue weighted by Gasteiger charge is 2.20. The number of fused-ring (bicyclic) bond motifs is 2. The molecule has 1 fully saturated rings. The second-order valence-corrected chi connectivity index (χ2v) is 7.97. The van der Waals surface area contributed by atoms with Gasteiger partial charge in [-0.3, -0.25) is 10.1 Å². The highest BCUT2D eigenvalue weighted by molar-refractivity contribution is 5.95. The van der Waals surface area contributed by atoms with Crippen LogP contribution in [0.25, 0.3) is 44.7 Å². The minimum Gasteiger partial charge on any atom is -0.495 e. The summed E-state index contributed by atoms with van der Waals surface area (Å²) in [7, 11) is 1.63. The van der Waals surface area contributed by atoms with Crippen LogP contribution in [0.5, 0.6) is 5.75 Å². The summed E-state index contributed by atoms with van der Waals surface area (Å²) in [5, 5.41) is 8.42. The van der Waals surface area contributed by atoms with Crippen molar-refractivity contribution in [2.45, 2.75) is 19.3 Å². The summed E-state index contributed by atoms with van der Waals surface area (Å²) in [6.45, 7) is 2.03. The summed E-state index contributed by atoms with van der Waals surface area (Å²) in [5.41, 5.74) is 5.11. The molecule has 6 rings (SSSR count). The summed E-state index contributed by atoms with van der Waals surface area (Å²) in [4.78, 5) is 24.1. The molecule has 5 aromatic heterocycles. The molecule has 6 heterocycles. The molecule has 0 unspecified atom stereocenters. The van der Waals surface area contributed by atoms with E-state index in [1.807, 2.05) is 18.3 Å². The highest BCUT2D eigenvalue weighted by Crippen LogP contribution is 2.32. The van der Waals surface area contributed by atoms with Crippen molar-refractivity contribution < 1.29 is 4.74 Å². The molecule has 0 saturated carbocycles. The van der Waals surface area contributed by atoms with E-state index in [0.29, 0.717) is 17.2 Å². The topological polar surface area (TPSA) is 108 Å². The van der Waals surface area contributed by atoms with E-state index in [4.69, 9.17) is 9.72 Å². The standard InChI is InChI=1S/C23H22N8O/c1-32-16-9-14(11-24-13-16)15-10-17-19(29-30-21(17)26-12-15)22-27-18-5-6-25-23(20(18)28-22)31-7-3-2-4-8-31/h5-6,9-13H,2-4,7-8H2,1H3,(H,27,28)(H,26,29,30). The van der Waals surface area contributed by atoms with Crippen LogP contribution < -0.4 is 9.64 Å². The Morgan fingerprint density at radius 1 is 1.00 bits per heavy atom. The van der Waals surface area contributed by atoms with Crippen molar-refractivity contribution in [2.24, 2.45) is 0 Å². The predicted molar refractivity (Wildman–Crippen MR) is 123 cm³/mol. The van der Waals surface area contributed by atoms with Gasteiger partial charge in [0.1, 0.15) is 17.0 Å². The molecule has 0 bridgehead atoms. The number of aromatic amines is 2. The number of rotatable bonds is 4. The number of piperidine rings is 1. The number of methoxy groups -OCH3 is 1. The van der Waals surface area contributed by atoms with Gasteiger partial charge in [-0.15, -0.1) is 0 Å². The smallest absolute Gasteiger partial charge is 0.159 e. The van der Waals surface area contributed by atoms with E-state index in [9.17, 15) is 0 Å². The van der Waals surface area contributed by atoms with E-state index in [0.717, 1.165) is 52.1 Å². The molecule has 0 aliphatic carbocycles. The van der Waals surface area contributed by atoms with Gasteiger partial charge >= 0.3 is 0 Å². The lowest BCUT2D eigenvalue weighted by atomic mass is 10.1. The number of nitrogens with zero attached hydrogens (tertiary/aromatic N) is 6. The number of pyridine rings is 3. The molecule has 9 nitrogen and oxygen atoms in total.